The molecular formula is C24H31FN2O2S. The van der Waals surface area contributed by atoms with E-state index in [0.29, 0.717) is 6.42 Å². The van der Waals surface area contributed by atoms with Crippen LogP contribution in [0.2, 0.25) is 0 Å². The van der Waals surface area contributed by atoms with Gasteiger partial charge >= 0.3 is 0 Å². The zero-order valence-electron chi connectivity index (χ0n) is 18.2. The van der Waals surface area contributed by atoms with Gasteiger partial charge in [0.15, 0.2) is 0 Å². The van der Waals surface area contributed by atoms with Gasteiger partial charge in [0.25, 0.3) is 0 Å². The van der Waals surface area contributed by atoms with Crippen molar-refractivity contribution in [1.82, 2.24) is 10.2 Å². The van der Waals surface area contributed by atoms with Crippen molar-refractivity contribution in [1.29, 1.82) is 0 Å². The first-order valence-corrected chi connectivity index (χ1v) is 11.4. The summed E-state index contributed by atoms with van der Waals surface area (Å²) in [7, 11) is 0. The normalized spacial score (nSPS) is 12.8. The van der Waals surface area contributed by atoms with E-state index in [0.717, 1.165) is 22.4 Å². The van der Waals surface area contributed by atoms with Crippen molar-refractivity contribution in [3.05, 3.63) is 65.5 Å². The number of rotatable bonds is 10. The Kier molecular flexibility index (Phi) is 9.37. The van der Waals surface area contributed by atoms with Crippen molar-refractivity contribution in [2.75, 3.05) is 5.75 Å². The molecule has 0 spiro atoms. The van der Waals surface area contributed by atoms with E-state index in [4.69, 9.17) is 0 Å². The molecule has 6 heteroatoms. The van der Waals surface area contributed by atoms with E-state index in [9.17, 15) is 14.0 Å². The highest BCUT2D eigenvalue weighted by molar-refractivity contribution is 8.00. The first-order valence-electron chi connectivity index (χ1n) is 10.4. The number of nitrogens with zero attached hydrogens (tertiary/aromatic N) is 1. The van der Waals surface area contributed by atoms with Gasteiger partial charge in [0, 0.05) is 17.5 Å². The molecule has 2 aromatic carbocycles. The molecule has 0 unspecified atom stereocenters. The summed E-state index contributed by atoms with van der Waals surface area (Å²) in [4.78, 5) is 28.7. The van der Waals surface area contributed by atoms with Gasteiger partial charge in [-0.15, -0.1) is 11.8 Å². The van der Waals surface area contributed by atoms with E-state index in [1.807, 2.05) is 52.0 Å². The van der Waals surface area contributed by atoms with Crippen LogP contribution in [0.5, 0.6) is 0 Å². The van der Waals surface area contributed by atoms with E-state index in [2.05, 4.69) is 5.32 Å². The molecule has 0 fully saturated rings. The number of amides is 2. The monoisotopic (exact) mass is 430 g/mol. The fourth-order valence-corrected chi connectivity index (χ4v) is 3.79. The molecule has 2 rings (SSSR count). The van der Waals surface area contributed by atoms with Crippen molar-refractivity contribution >= 4 is 23.6 Å². The fraction of sp³-hybridized carbons (Fsp3) is 0.417. The number of thioether (sulfide) groups is 1. The Bertz CT molecular complexity index is 824. The lowest BCUT2D eigenvalue weighted by molar-refractivity contribution is -0.139. The number of halogens is 1. The molecule has 0 saturated heterocycles. The lowest BCUT2D eigenvalue weighted by Gasteiger charge is -2.31. The van der Waals surface area contributed by atoms with E-state index >= 15 is 0 Å². The van der Waals surface area contributed by atoms with Crippen molar-refractivity contribution in [2.24, 2.45) is 0 Å². The lowest BCUT2D eigenvalue weighted by Crippen LogP contribution is -2.51. The molecule has 0 aromatic heterocycles. The van der Waals surface area contributed by atoms with Crippen LogP contribution in [0.3, 0.4) is 0 Å². The Hall–Kier alpha value is -2.34. The molecule has 2 amide bonds. The minimum atomic E-state index is -0.574. The maximum atomic E-state index is 13.3. The van der Waals surface area contributed by atoms with Crippen molar-refractivity contribution in [3.63, 3.8) is 0 Å². The molecule has 0 aliphatic rings. The van der Waals surface area contributed by atoms with Gasteiger partial charge in [-0.25, -0.2) is 4.39 Å². The Labute approximate surface area is 183 Å². The molecule has 2 atom stereocenters. The summed E-state index contributed by atoms with van der Waals surface area (Å²) in [5, 5.41) is 2.99. The van der Waals surface area contributed by atoms with E-state index < -0.39 is 6.04 Å². The second-order valence-corrected chi connectivity index (χ2v) is 8.54. The Morgan fingerprint density at radius 3 is 2.23 bits per heavy atom. The average Bonchev–Trinajstić information content (AvgIpc) is 2.74. The summed E-state index contributed by atoms with van der Waals surface area (Å²) in [5.74, 6) is -0.357. The van der Waals surface area contributed by atoms with Gasteiger partial charge in [0.1, 0.15) is 11.9 Å². The number of hydrogen-bond acceptors (Lipinski definition) is 3. The van der Waals surface area contributed by atoms with Gasteiger partial charge in [0.2, 0.25) is 11.8 Å². The van der Waals surface area contributed by atoms with Gasteiger partial charge in [-0.1, -0.05) is 43.7 Å². The highest BCUT2D eigenvalue weighted by atomic mass is 32.2. The van der Waals surface area contributed by atoms with Gasteiger partial charge < -0.3 is 10.2 Å². The Morgan fingerprint density at radius 2 is 1.67 bits per heavy atom. The topological polar surface area (TPSA) is 49.4 Å². The highest BCUT2D eigenvalue weighted by Gasteiger charge is 2.29. The summed E-state index contributed by atoms with van der Waals surface area (Å²) in [6.45, 7) is 8.14. The average molecular weight is 431 g/mol. The summed E-state index contributed by atoms with van der Waals surface area (Å²) in [6.07, 6.45) is 1.32. The summed E-state index contributed by atoms with van der Waals surface area (Å²) in [5.41, 5.74) is 1.95. The van der Waals surface area contributed by atoms with Gasteiger partial charge in [-0.3, -0.25) is 9.59 Å². The number of hydrogen-bond donors (Lipinski definition) is 1. The van der Waals surface area contributed by atoms with Crippen LogP contribution in [0.1, 0.15) is 44.7 Å². The molecule has 0 aliphatic heterocycles. The fourth-order valence-electron chi connectivity index (χ4n) is 3.01. The van der Waals surface area contributed by atoms with E-state index in [1.165, 1.54) is 23.9 Å². The third-order valence-electron chi connectivity index (χ3n) is 5.04. The van der Waals surface area contributed by atoms with E-state index in [1.54, 1.807) is 17.0 Å². The van der Waals surface area contributed by atoms with Crippen LogP contribution in [0.4, 0.5) is 4.39 Å². The van der Waals surface area contributed by atoms with Gasteiger partial charge in [-0.2, -0.15) is 0 Å². The molecule has 0 radical (unpaired) electrons. The van der Waals surface area contributed by atoms with Crippen molar-refractivity contribution < 1.29 is 14.0 Å². The van der Waals surface area contributed by atoms with Crippen LogP contribution >= 0.6 is 11.8 Å². The molecule has 30 heavy (non-hydrogen) atoms. The molecule has 2 aromatic rings. The minimum Gasteiger partial charge on any atom is -0.352 e. The molecule has 0 heterocycles. The quantitative estimate of drug-likeness (QED) is 0.543. The summed E-state index contributed by atoms with van der Waals surface area (Å²) >= 11 is 1.45. The largest absolute Gasteiger partial charge is 0.352 e. The van der Waals surface area contributed by atoms with Crippen molar-refractivity contribution in [3.8, 4) is 0 Å². The maximum absolute atomic E-state index is 13.3. The van der Waals surface area contributed by atoms with E-state index in [-0.39, 0.29) is 36.0 Å². The van der Waals surface area contributed by atoms with Crippen molar-refractivity contribution in [2.45, 2.75) is 64.1 Å². The predicted octanol–water partition coefficient (Wildman–Crippen LogP) is 4.95. The molecule has 0 saturated carbocycles. The third-order valence-corrected chi connectivity index (χ3v) is 6.03. The standard InChI is InChI=1S/C24H31FN2O2S/c1-5-18(4)26-24(29)22(6-2)27(15-19-9-11-20(25)12-10-19)23(28)16-30-21-13-7-17(3)8-14-21/h7-14,18,22H,5-6,15-16H2,1-4H3,(H,26,29)/t18-,22+/m1/s1. The first-order chi connectivity index (χ1) is 14.3. The molecule has 0 bridgehead atoms. The summed E-state index contributed by atoms with van der Waals surface area (Å²) < 4.78 is 13.3. The molecule has 0 aliphatic carbocycles. The number of benzene rings is 2. The maximum Gasteiger partial charge on any atom is 0.243 e. The SMILES string of the molecule is CC[C@@H](C)NC(=O)[C@H](CC)N(Cc1ccc(F)cc1)C(=O)CSc1ccc(C)cc1. The molecule has 162 valence electrons. The number of carbonyl (C=O) groups excluding carboxylic acids is 2. The molecular weight excluding hydrogens is 399 g/mol. The minimum absolute atomic E-state index is 0.0382. The van der Waals surface area contributed by atoms with Crippen LogP contribution in [0, 0.1) is 12.7 Å². The van der Waals surface area contributed by atoms with Crippen LogP contribution in [-0.2, 0) is 16.1 Å². The first kappa shape index (κ1) is 23.9. The molecule has 1 N–H and O–H groups in total. The second kappa shape index (κ2) is 11.7. The van der Waals surface area contributed by atoms with Crippen LogP contribution in [-0.4, -0.2) is 34.6 Å². The van der Waals surface area contributed by atoms with Crippen LogP contribution in [0.25, 0.3) is 0 Å². The zero-order valence-corrected chi connectivity index (χ0v) is 19.0. The van der Waals surface area contributed by atoms with Gasteiger partial charge in [-0.05, 0) is 56.5 Å². The third kappa shape index (κ3) is 7.17. The smallest absolute Gasteiger partial charge is 0.243 e. The predicted molar refractivity (Wildman–Crippen MR) is 121 cm³/mol. The highest BCUT2D eigenvalue weighted by Crippen LogP contribution is 2.21. The number of nitrogens with one attached hydrogen (secondary N) is 1. The Balaban J connectivity index is 2.19. The molecule has 4 nitrogen and oxygen atoms in total. The lowest BCUT2D eigenvalue weighted by atomic mass is 10.1. The second-order valence-electron chi connectivity index (χ2n) is 7.49. The zero-order chi connectivity index (χ0) is 22.1. The van der Waals surface area contributed by atoms with Crippen LogP contribution < -0.4 is 5.32 Å². The number of aryl methyl sites for hydroxylation is 1. The summed E-state index contributed by atoms with van der Waals surface area (Å²) in [6, 6.07) is 13.5. The number of carbonyl (C=O) groups is 2. The van der Waals surface area contributed by atoms with Crippen LogP contribution in [0.15, 0.2) is 53.4 Å². The van der Waals surface area contributed by atoms with Gasteiger partial charge in [0.05, 0.1) is 5.75 Å². The Morgan fingerprint density at radius 1 is 1.03 bits per heavy atom.